The number of hydrogen-bond donors (Lipinski definition) is 0. The van der Waals surface area contributed by atoms with Crippen LogP contribution in [0.1, 0.15) is 44.6 Å². The predicted molar refractivity (Wildman–Crippen MR) is 80.1 cm³/mol. The number of rotatable bonds is 2. The molecular formula is C17H21NS. The molecule has 1 aromatic carbocycles. The van der Waals surface area contributed by atoms with Crippen LogP contribution in [0.25, 0.3) is 0 Å². The van der Waals surface area contributed by atoms with E-state index in [9.17, 15) is 5.26 Å². The summed E-state index contributed by atoms with van der Waals surface area (Å²) in [5, 5.41) is 10.3. The zero-order valence-corrected chi connectivity index (χ0v) is 12.4. The van der Waals surface area contributed by atoms with Gasteiger partial charge in [0, 0.05) is 10.1 Å². The normalized spacial score (nSPS) is 33.7. The lowest BCUT2D eigenvalue weighted by Crippen LogP contribution is -2.28. The van der Waals surface area contributed by atoms with Gasteiger partial charge in [-0.15, -0.1) is 11.8 Å². The molecule has 0 amide bonds. The van der Waals surface area contributed by atoms with Gasteiger partial charge in [-0.3, -0.25) is 0 Å². The maximum Gasteiger partial charge on any atom is 0.0690 e. The minimum atomic E-state index is -0.0355. The highest BCUT2D eigenvalue weighted by Crippen LogP contribution is 2.47. The molecule has 1 unspecified atom stereocenters. The molecule has 1 aliphatic heterocycles. The van der Waals surface area contributed by atoms with E-state index in [-0.39, 0.29) is 5.41 Å². The Morgan fingerprint density at radius 2 is 2.05 bits per heavy atom. The molecule has 1 atom stereocenters. The SMILES string of the molecule is CC1CCC(C#N)(CC2Cc3ccccc3S2)CC1. The Morgan fingerprint density at radius 3 is 2.74 bits per heavy atom. The van der Waals surface area contributed by atoms with E-state index in [1.54, 1.807) is 0 Å². The highest BCUT2D eigenvalue weighted by atomic mass is 32.2. The van der Waals surface area contributed by atoms with Crippen LogP contribution in [0.3, 0.4) is 0 Å². The van der Waals surface area contributed by atoms with E-state index in [2.05, 4.69) is 37.3 Å². The van der Waals surface area contributed by atoms with Crippen molar-refractivity contribution in [2.45, 2.75) is 55.6 Å². The molecule has 0 aromatic heterocycles. The summed E-state index contributed by atoms with van der Waals surface area (Å²) in [5.74, 6) is 0.815. The van der Waals surface area contributed by atoms with Crippen LogP contribution < -0.4 is 0 Å². The number of thioether (sulfide) groups is 1. The van der Waals surface area contributed by atoms with Crippen molar-refractivity contribution in [3.8, 4) is 6.07 Å². The van der Waals surface area contributed by atoms with Gasteiger partial charge in [0.25, 0.3) is 0 Å². The minimum Gasteiger partial charge on any atom is -0.198 e. The molecule has 2 aliphatic rings. The van der Waals surface area contributed by atoms with Crippen molar-refractivity contribution in [3.63, 3.8) is 0 Å². The van der Waals surface area contributed by atoms with Gasteiger partial charge in [-0.2, -0.15) is 5.26 Å². The number of benzene rings is 1. The van der Waals surface area contributed by atoms with E-state index in [0.29, 0.717) is 5.25 Å². The fourth-order valence-corrected chi connectivity index (χ4v) is 4.96. The van der Waals surface area contributed by atoms with Gasteiger partial charge in [-0.05, 0) is 56.1 Å². The second-order valence-electron chi connectivity index (χ2n) is 6.33. The Labute approximate surface area is 120 Å². The van der Waals surface area contributed by atoms with Crippen molar-refractivity contribution in [3.05, 3.63) is 29.8 Å². The van der Waals surface area contributed by atoms with Crippen LogP contribution in [0.2, 0.25) is 0 Å². The van der Waals surface area contributed by atoms with Crippen molar-refractivity contribution < 1.29 is 0 Å². The molecular weight excluding hydrogens is 250 g/mol. The van der Waals surface area contributed by atoms with Gasteiger partial charge in [0.05, 0.1) is 11.5 Å². The lowest BCUT2D eigenvalue weighted by atomic mass is 9.69. The highest BCUT2D eigenvalue weighted by Gasteiger charge is 2.38. The standard InChI is InChI=1S/C17H21NS/c1-13-6-8-17(12-18,9-7-13)11-15-10-14-4-2-3-5-16(14)19-15/h2-5,13,15H,6-11H2,1H3. The molecule has 1 fully saturated rings. The molecule has 0 radical (unpaired) electrons. The van der Waals surface area contributed by atoms with Crippen LogP contribution >= 0.6 is 11.8 Å². The van der Waals surface area contributed by atoms with Crippen molar-refractivity contribution in [2.24, 2.45) is 11.3 Å². The molecule has 0 bridgehead atoms. The summed E-state index contributed by atoms with van der Waals surface area (Å²) in [4.78, 5) is 1.43. The quantitative estimate of drug-likeness (QED) is 0.770. The molecule has 1 aromatic rings. The fourth-order valence-electron chi connectivity index (χ4n) is 3.48. The third-order valence-electron chi connectivity index (χ3n) is 4.80. The Balaban J connectivity index is 1.68. The summed E-state index contributed by atoms with van der Waals surface area (Å²) in [6, 6.07) is 11.4. The van der Waals surface area contributed by atoms with Crippen LogP contribution in [-0.2, 0) is 6.42 Å². The second kappa shape index (κ2) is 5.21. The number of fused-ring (bicyclic) bond motifs is 1. The summed E-state index contributed by atoms with van der Waals surface area (Å²) in [6.45, 7) is 2.32. The lowest BCUT2D eigenvalue weighted by molar-refractivity contribution is 0.205. The Bertz CT molecular complexity index is 469. The number of nitrogens with zero attached hydrogens (tertiary/aromatic N) is 1. The highest BCUT2D eigenvalue weighted by molar-refractivity contribution is 8.00. The molecule has 1 heterocycles. The lowest BCUT2D eigenvalue weighted by Gasteiger charge is -2.35. The summed E-state index contributed by atoms with van der Waals surface area (Å²) in [5.41, 5.74) is 1.45. The first-order valence-corrected chi connectivity index (χ1v) is 8.24. The van der Waals surface area contributed by atoms with Crippen LogP contribution in [0, 0.1) is 22.7 Å². The molecule has 1 saturated carbocycles. The zero-order valence-electron chi connectivity index (χ0n) is 11.6. The molecule has 0 saturated heterocycles. The summed E-state index contributed by atoms with van der Waals surface area (Å²) >= 11 is 1.99. The van der Waals surface area contributed by atoms with Gasteiger partial charge < -0.3 is 0 Å². The van der Waals surface area contributed by atoms with Crippen LogP contribution in [0.15, 0.2) is 29.2 Å². The largest absolute Gasteiger partial charge is 0.198 e. The first-order valence-electron chi connectivity index (χ1n) is 7.37. The second-order valence-corrected chi connectivity index (χ2v) is 7.67. The monoisotopic (exact) mass is 271 g/mol. The third kappa shape index (κ3) is 2.67. The van der Waals surface area contributed by atoms with Crippen molar-refractivity contribution in [1.82, 2.24) is 0 Å². The van der Waals surface area contributed by atoms with E-state index >= 15 is 0 Å². The van der Waals surface area contributed by atoms with Crippen LogP contribution in [0.4, 0.5) is 0 Å². The molecule has 2 heteroatoms. The molecule has 1 aliphatic carbocycles. The summed E-state index contributed by atoms with van der Waals surface area (Å²) < 4.78 is 0. The van der Waals surface area contributed by atoms with Gasteiger partial charge >= 0.3 is 0 Å². The Hall–Kier alpha value is -0.940. The van der Waals surface area contributed by atoms with Crippen molar-refractivity contribution in [1.29, 1.82) is 5.26 Å². The zero-order chi connectivity index (χ0) is 13.3. The minimum absolute atomic E-state index is 0.0355. The van der Waals surface area contributed by atoms with E-state index in [0.717, 1.165) is 31.6 Å². The summed E-state index contributed by atoms with van der Waals surface area (Å²) in [6.07, 6.45) is 6.92. The Kier molecular flexibility index (Phi) is 3.58. The average molecular weight is 271 g/mol. The molecule has 0 N–H and O–H groups in total. The topological polar surface area (TPSA) is 23.8 Å². The maximum absolute atomic E-state index is 9.65. The molecule has 19 heavy (non-hydrogen) atoms. The summed E-state index contributed by atoms with van der Waals surface area (Å²) in [7, 11) is 0. The maximum atomic E-state index is 9.65. The first kappa shape index (κ1) is 13.1. The first-order chi connectivity index (χ1) is 9.21. The fraction of sp³-hybridized carbons (Fsp3) is 0.588. The van der Waals surface area contributed by atoms with E-state index in [4.69, 9.17) is 0 Å². The van der Waals surface area contributed by atoms with E-state index in [1.807, 2.05) is 11.8 Å². The molecule has 100 valence electrons. The predicted octanol–water partition coefficient (Wildman–Crippen LogP) is 4.81. The van der Waals surface area contributed by atoms with Gasteiger partial charge in [-0.1, -0.05) is 25.1 Å². The third-order valence-corrected chi connectivity index (χ3v) is 6.12. The molecule has 3 rings (SSSR count). The Morgan fingerprint density at radius 1 is 1.32 bits per heavy atom. The van der Waals surface area contributed by atoms with E-state index in [1.165, 1.54) is 23.3 Å². The van der Waals surface area contributed by atoms with Gasteiger partial charge in [0.2, 0.25) is 0 Å². The van der Waals surface area contributed by atoms with E-state index < -0.39 is 0 Å². The van der Waals surface area contributed by atoms with Crippen LogP contribution in [-0.4, -0.2) is 5.25 Å². The molecule has 0 spiro atoms. The number of hydrogen-bond acceptors (Lipinski definition) is 2. The number of nitriles is 1. The smallest absolute Gasteiger partial charge is 0.0690 e. The van der Waals surface area contributed by atoms with Crippen molar-refractivity contribution >= 4 is 11.8 Å². The molecule has 1 nitrogen and oxygen atoms in total. The van der Waals surface area contributed by atoms with Gasteiger partial charge in [0.1, 0.15) is 0 Å². The van der Waals surface area contributed by atoms with Gasteiger partial charge in [-0.25, -0.2) is 0 Å². The van der Waals surface area contributed by atoms with Crippen LogP contribution in [0.5, 0.6) is 0 Å². The van der Waals surface area contributed by atoms with Gasteiger partial charge in [0.15, 0.2) is 0 Å². The van der Waals surface area contributed by atoms with Crippen molar-refractivity contribution in [2.75, 3.05) is 0 Å². The average Bonchev–Trinajstić information content (AvgIpc) is 2.83.